The molecule has 0 aromatic rings. The van der Waals surface area contributed by atoms with E-state index in [1.807, 2.05) is 4.90 Å². The highest BCUT2D eigenvalue weighted by molar-refractivity contribution is 4.71. The summed E-state index contributed by atoms with van der Waals surface area (Å²) >= 11 is 0. The molecule has 86 valence electrons. The highest BCUT2D eigenvalue weighted by Gasteiger charge is 2.17. The minimum Gasteiger partial charge on any atom is -0.395 e. The second-order valence-electron chi connectivity index (χ2n) is 3.53. The smallest absolute Gasteiger partial charge is 0.0897 e. The van der Waals surface area contributed by atoms with Crippen molar-refractivity contribution in [2.75, 3.05) is 26.3 Å². The molecule has 0 aliphatic rings. The van der Waals surface area contributed by atoms with Gasteiger partial charge in [-0.2, -0.15) is 0 Å². The zero-order valence-corrected chi connectivity index (χ0v) is 9.19. The Morgan fingerprint density at radius 3 is 2.07 bits per heavy atom. The lowest BCUT2D eigenvalue weighted by molar-refractivity contribution is 0.0357. The average Bonchev–Trinajstić information content (AvgIpc) is 2.19. The molecule has 0 amide bonds. The Balaban J connectivity index is 4.10. The van der Waals surface area contributed by atoms with E-state index in [2.05, 4.69) is 13.8 Å². The minimum atomic E-state index is -0.706. The van der Waals surface area contributed by atoms with Gasteiger partial charge in [0.1, 0.15) is 0 Å². The maximum Gasteiger partial charge on any atom is 0.0897 e. The first kappa shape index (κ1) is 13.8. The molecule has 0 radical (unpaired) electrons. The highest BCUT2D eigenvalue weighted by atomic mass is 16.3. The number of nitrogens with zero attached hydrogens (tertiary/aromatic N) is 1. The molecule has 1 atom stereocenters. The van der Waals surface area contributed by atoms with Gasteiger partial charge in [-0.25, -0.2) is 0 Å². The monoisotopic (exact) mass is 205 g/mol. The van der Waals surface area contributed by atoms with Crippen molar-refractivity contribution in [3.8, 4) is 0 Å². The van der Waals surface area contributed by atoms with Crippen molar-refractivity contribution in [2.45, 2.75) is 38.8 Å². The zero-order chi connectivity index (χ0) is 11.0. The first-order chi connectivity index (χ1) is 6.69. The molecule has 0 bridgehead atoms. The largest absolute Gasteiger partial charge is 0.395 e. The summed E-state index contributed by atoms with van der Waals surface area (Å²) in [4.78, 5) is 2.03. The van der Waals surface area contributed by atoms with Crippen molar-refractivity contribution >= 4 is 0 Å². The lowest BCUT2D eigenvalue weighted by Gasteiger charge is -2.31. The van der Waals surface area contributed by atoms with Crippen molar-refractivity contribution in [2.24, 2.45) is 0 Å². The fourth-order valence-electron chi connectivity index (χ4n) is 1.68. The Bertz CT molecular complexity index is 129. The van der Waals surface area contributed by atoms with Gasteiger partial charge in [-0.05, 0) is 12.8 Å². The molecule has 0 fully saturated rings. The van der Waals surface area contributed by atoms with Crippen molar-refractivity contribution in [3.05, 3.63) is 0 Å². The van der Waals surface area contributed by atoms with Crippen LogP contribution in [0.5, 0.6) is 0 Å². The van der Waals surface area contributed by atoms with Crippen LogP contribution in [0.2, 0.25) is 0 Å². The van der Waals surface area contributed by atoms with Gasteiger partial charge in [0.2, 0.25) is 0 Å². The quantitative estimate of drug-likeness (QED) is 0.514. The van der Waals surface area contributed by atoms with Gasteiger partial charge < -0.3 is 15.3 Å². The minimum absolute atomic E-state index is 0.0919. The number of aliphatic hydroxyl groups excluding tert-OH is 3. The molecular formula is C10H23NO3. The molecule has 0 spiro atoms. The van der Waals surface area contributed by atoms with Crippen molar-refractivity contribution in [1.29, 1.82) is 0 Å². The molecular weight excluding hydrogens is 182 g/mol. The van der Waals surface area contributed by atoms with Crippen molar-refractivity contribution < 1.29 is 15.3 Å². The normalized spacial score (nSPS) is 13.9. The van der Waals surface area contributed by atoms with Crippen LogP contribution in [0.4, 0.5) is 0 Å². The summed E-state index contributed by atoms with van der Waals surface area (Å²) in [7, 11) is 0. The van der Waals surface area contributed by atoms with E-state index in [0.29, 0.717) is 19.1 Å². The van der Waals surface area contributed by atoms with Gasteiger partial charge in [0.15, 0.2) is 0 Å². The predicted octanol–water partition coefficient (Wildman–Crippen LogP) is -0.178. The van der Waals surface area contributed by atoms with Crippen LogP contribution in [0.15, 0.2) is 0 Å². The van der Waals surface area contributed by atoms with Crippen LogP contribution in [0.1, 0.15) is 26.7 Å². The maximum absolute atomic E-state index is 9.32. The highest BCUT2D eigenvalue weighted by Crippen LogP contribution is 2.08. The molecule has 0 aromatic carbocycles. The number of hydrogen-bond acceptors (Lipinski definition) is 4. The van der Waals surface area contributed by atoms with Gasteiger partial charge >= 0.3 is 0 Å². The summed E-state index contributed by atoms with van der Waals surface area (Å²) in [6.45, 7) is 5.04. The van der Waals surface area contributed by atoms with Crippen LogP contribution in [0.3, 0.4) is 0 Å². The van der Waals surface area contributed by atoms with Gasteiger partial charge in [-0.1, -0.05) is 13.8 Å². The van der Waals surface area contributed by atoms with E-state index in [0.717, 1.165) is 12.8 Å². The predicted molar refractivity (Wildman–Crippen MR) is 56.1 cm³/mol. The second-order valence-corrected chi connectivity index (χ2v) is 3.53. The summed E-state index contributed by atoms with van der Waals surface area (Å²) in [6.07, 6.45) is 1.28. The van der Waals surface area contributed by atoms with Gasteiger partial charge in [-0.15, -0.1) is 0 Å². The van der Waals surface area contributed by atoms with Crippen LogP contribution in [0, 0.1) is 0 Å². The lowest BCUT2D eigenvalue weighted by atomic mass is 10.1. The Hall–Kier alpha value is -0.160. The Morgan fingerprint density at radius 1 is 1.14 bits per heavy atom. The van der Waals surface area contributed by atoms with E-state index in [4.69, 9.17) is 10.2 Å². The standard InChI is InChI=1S/C10H23NO3/c1-3-9(4-2)11(5-6-12)7-10(14)8-13/h9-10,12-14H,3-8H2,1-2H3. The summed E-state index contributed by atoms with van der Waals surface area (Å²) in [5, 5.41) is 26.9. The second kappa shape index (κ2) is 8.17. The Kier molecular flexibility index (Phi) is 8.08. The van der Waals surface area contributed by atoms with E-state index < -0.39 is 6.10 Å². The third-order valence-electron chi connectivity index (χ3n) is 2.50. The molecule has 0 aliphatic carbocycles. The first-order valence-corrected chi connectivity index (χ1v) is 5.33. The SMILES string of the molecule is CCC(CC)N(CCO)CC(O)CO. The van der Waals surface area contributed by atoms with Crippen LogP contribution in [0.25, 0.3) is 0 Å². The molecule has 4 nitrogen and oxygen atoms in total. The van der Waals surface area contributed by atoms with Crippen molar-refractivity contribution in [3.63, 3.8) is 0 Å². The molecule has 1 unspecified atom stereocenters. The third kappa shape index (κ3) is 4.91. The number of hydrogen-bond donors (Lipinski definition) is 3. The third-order valence-corrected chi connectivity index (χ3v) is 2.50. The summed E-state index contributed by atoms with van der Waals surface area (Å²) in [6, 6.07) is 0.378. The van der Waals surface area contributed by atoms with Crippen LogP contribution >= 0.6 is 0 Å². The van der Waals surface area contributed by atoms with E-state index in [9.17, 15) is 5.11 Å². The molecule has 0 saturated heterocycles. The molecule has 0 heterocycles. The van der Waals surface area contributed by atoms with E-state index >= 15 is 0 Å². The number of rotatable bonds is 8. The molecule has 14 heavy (non-hydrogen) atoms. The molecule has 0 rings (SSSR count). The lowest BCUT2D eigenvalue weighted by Crippen LogP contribution is -2.42. The molecule has 0 saturated carbocycles. The van der Waals surface area contributed by atoms with Crippen LogP contribution in [-0.2, 0) is 0 Å². The van der Waals surface area contributed by atoms with Crippen molar-refractivity contribution in [1.82, 2.24) is 4.90 Å². The van der Waals surface area contributed by atoms with E-state index in [-0.39, 0.29) is 13.2 Å². The maximum atomic E-state index is 9.32. The Morgan fingerprint density at radius 2 is 1.71 bits per heavy atom. The zero-order valence-electron chi connectivity index (χ0n) is 9.19. The summed E-state index contributed by atoms with van der Waals surface area (Å²) in [5.41, 5.74) is 0. The van der Waals surface area contributed by atoms with E-state index in [1.165, 1.54) is 0 Å². The average molecular weight is 205 g/mol. The van der Waals surface area contributed by atoms with Gasteiger partial charge in [0, 0.05) is 19.1 Å². The fourth-order valence-corrected chi connectivity index (χ4v) is 1.68. The fraction of sp³-hybridized carbons (Fsp3) is 1.00. The topological polar surface area (TPSA) is 63.9 Å². The van der Waals surface area contributed by atoms with Crippen LogP contribution < -0.4 is 0 Å². The van der Waals surface area contributed by atoms with Gasteiger partial charge in [0.25, 0.3) is 0 Å². The number of aliphatic hydroxyl groups is 3. The first-order valence-electron chi connectivity index (χ1n) is 5.33. The molecule has 0 aliphatic heterocycles. The van der Waals surface area contributed by atoms with Crippen LogP contribution in [-0.4, -0.2) is 58.7 Å². The summed E-state index contributed by atoms with van der Waals surface area (Å²) in [5.74, 6) is 0. The van der Waals surface area contributed by atoms with Gasteiger partial charge in [-0.3, -0.25) is 4.90 Å². The molecule has 3 N–H and O–H groups in total. The van der Waals surface area contributed by atoms with Gasteiger partial charge in [0.05, 0.1) is 19.3 Å². The summed E-state index contributed by atoms with van der Waals surface area (Å²) < 4.78 is 0. The molecule has 0 aromatic heterocycles. The van der Waals surface area contributed by atoms with E-state index in [1.54, 1.807) is 0 Å². The molecule has 4 heteroatoms. The Labute approximate surface area is 86.2 Å².